The van der Waals surface area contributed by atoms with Crippen molar-refractivity contribution >= 4 is 5.91 Å². The van der Waals surface area contributed by atoms with Crippen LogP contribution in [-0.2, 0) is 22.6 Å². The van der Waals surface area contributed by atoms with Gasteiger partial charge in [0.1, 0.15) is 11.9 Å². The van der Waals surface area contributed by atoms with Crippen LogP contribution in [0.3, 0.4) is 0 Å². The Morgan fingerprint density at radius 3 is 2.72 bits per heavy atom. The molecule has 25 heavy (non-hydrogen) atoms. The van der Waals surface area contributed by atoms with Crippen LogP contribution >= 0.6 is 0 Å². The largest absolute Gasteiger partial charge is 0.371 e. The van der Waals surface area contributed by atoms with Crippen LogP contribution in [0.15, 0.2) is 40.9 Å². The van der Waals surface area contributed by atoms with E-state index in [1.807, 2.05) is 36.1 Å². The van der Waals surface area contributed by atoms with Crippen LogP contribution in [-0.4, -0.2) is 53.2 Å². The molecule has 2 aliphatic rings. The Hall–Kier alpha value is -2.18. The second-order valence-corrected chi connectivity index (χ2v) is 6.96. The Balaban J connectivity index is 1.50. The predicted octanol–water partition coefficient (Wildman–Crippen LogP) is 1.84. The van der Waals surface area contributed by atoms with Gasteiger partial charge in [-0.05, 0) is 12.5 Å². The van der Waals surface area contributed by atoms with Crippen molar-refractivity contribution in [1.29, 1.82) is 0 Å². The molecule has 1 amide bonds. The van der Waals surface area contributed by atoms with Crippen molar-refractivity contribution in [2.24, 2.45) is 5.92 Å². The summed E-state index contributed by atoms with van der Waals surface area (Å²) >= 11 is 0. The van der Waals surface area contributed by atoms with E-state index in [0.717, 1.165) is 36.7 Å². The number of amides is 1. The summed E-state index contributed by atoms with van der Waals surface area (Å²) in [6, 6.07) is 12.3. The Labute approximate surface area is 147 Å². The number of carbonyl (C=O) groups excluding carboxylic acids is 1. The SMILES string of the molecule is CO[C@@H]1C(=O)N(Cc2ccccc2)[C@@H]2CN(Cc3cc(C)on3)C[C@H]12. The molecule has 0 unspecified atom stereocenters. The van der Waals surface area contributed by atoms with Gasteiger partial charge >= 0.3 is 0 Å². The van der Waals surface area contributed by atoms with Crippen molar-refractivity contribution in [3.63, 3.8) is 0 Å². The van der Waals surface area contributed by atoms with E-state index in [1.54, 1.807) is 7.11 Å². The summed E-state index contributed by atoms with van der Waals surface area (Å²) in [7, 11) is 1.63. The number of fused-ring (bicyclic) bond motifs is 1. The van der Waals surface area contributed by atoms with E-state index in [-0.39, 0.29) is 24.0 Å². The van der Waals surface area contributed by atoms with Gasteiger partial charge in [-0.25, -0.2) is 0 Å². The fourth-order valence-corrected chi connectivity index (χ4v) is 4.13. The lowest BCUT2D eigenvalue weighted by Crippen LogP contribution is -2.38. The number of ether oxygens (including phenoxy) is 1. The molecule has 1 aromatic heterocycles. The second-order valence-electron chi connectivity index (χ2n) is 6.96. The van der Waals surface area contributed by atoms with E-state index in [4.69, 9.17) is 9.26 Å². The molecule has 4 rings (SSSR count). The molecule has 0 radical (unpaired) electrons. The molecule has 0 bridgehead atoms. The minimum absolute atomic E-state index is 0.110. The number of rotatable bonds is 5. The molecule has 2 aromatic rings. The van der Waals surface area contributed by atoms with Gasteiger partial charge in [-0.2, -0.15) is 0 Å². The van der Waals surface area contributed by atoms with E-state index >= 15 is 0 Å². The molecule has 2 saturated heterocycles. The van der Waals surface area contributed by atoms with Crippen LogP contribution in [0.25, 0.3) is 0 Å². The second kappa shape index (κ2) is 6.61. The number of benzene rings is 1. The topological polar surface area (TPSA) is 58.8 Å². The van der Waals surface area contributed by atoms with Crippen molar-refractivity contribution in [2.45, 2.75) is 32.2 Å². The zero-order valence-electron chi connectivity index (χ0n) is 14.6. The highest BCUT2D eigenvalue weighted by molar-refractivity contribution is 5.84. The number of methoxy groups -OCH3 is 1. The van der Waals surface area contributed by atoms with Crippen LogP contribution < -0.4 is 0 Å². The van der Waals surface area contributed by atoms with Crippen molar-refractivity contribution in [2.75, 3.05) is 20.2 Å². The number of hydrogen-bond donors (Lipinski definition) is 0. The van der Waals surface area contributed by atoms with Crippen molar-refractivity contribution in [3.05, 3.63) is 53.4 Å². The molecule has 132 valence electrons. The lowest BCUT2D eigenvalue weighted by atomic mass is 10.0. The monoisotopic (exact) mass is 341 g/mol. The van der Waals surface area contributed by atoms with Gasteiger partial charge in [-0.1, -0.05) is 35.5 Å². The van der Waals surface area contributed by atoms with Gasteiger partial charge in [-0.3, -0.25) is 9.69 Å². The van der Waals surface area contributed by atoms with Gasteiger partial charge in [0.05, 0.1) is 11.7 Å². The molecule has 3 atom stereocenters. The first kappa shape index (κ1) is 16.3. The first-order valence-corrected chi connectivity index (χ1v) is 8.67. The first-order valence-electron chi connectivity index (χ1n) is 8.67. The Morgan fingerprint density at radius 2 is 2.04 bits per heavy atom. The van der Waals surface area contributed by atoms with Crippen molar-refractivity contribution < 1.29 is 14.1 Å². The quantitative estimate of drug-likeness (QED) is 0.831. The molecule has 2 fully saturated rings. The van der Waals surface area contributed by atoms with Gasteiger partial charge in [0.25, 0.3) is 5.91 Å². The summed E-state index contributed by atoms with van der Waals surface area (Å²) in [4.78, 5) is 17.1. The molecule has 0 saturated carbocycles. The van der Waals surface area contributed by atoms with E-state index in [9.17, 15) is 4.79 Å². The van der Waals surface area contributed by atoms with Crippen molar-refractivity contribution in [3.8, 4) is 0 Å². The van der Waals surface area contributed by atoms with Crippen LogP contribution in [0.5, 0.6) is 0 Å². The number of likely N-dealkylation sites (tertiary alicyclic amines) is 2. The third-order valence-corrected chi connectivity index (χ3v) is 5.24. The van der Waals surface area contributed by atoms with E-state index in [0.29, 0.717) is 6.54 Å². The van der Waals surface area contributed by atoms with Gasteiger partial charge in [0, 0.05) is 45.3 Å². The van der Waals surface area contributed by atoms with Crippen LogP contribution in [0.1, 0.15) is 17.0 Å². The Morgan fingerprint density at radius 1 is 1.24 bits per heavy atom. The number of nitrogens with zero attached hydrogens (tertiary/aromatic N) is 3. The number of hydrogen-bond acceptors (Lipinski definition) is 5. The zero-order valence-corrected chi connectivity index (χ0v) is 14.6. The Bertz CT molecular complexity index is 745. The van der Waals surface area contributed by atoms with E-state index < -0.39 is 0 Å². The molecule has 0 N–H and O–H groups in total. The maximum Gasteiger partial charge on any atom is 0.252 e. The highest BCUT2D eigenvalue weighted by Crippen LogP contribution is 2.35. The molecule has 1 aromatic carbocycles. The summed E-state index contributed by atoms with van der Waals surface area (Å²) < 4.78 is 10.7. The lowest BCUT2D eigenvalue weighted by molar-refractivity contribution is -0.138. The predicted molar refractivity (Wildman–Crippen MR) is 91.6 cm³/mol. The number of aryl methyl sites for hydroxylation is 1. The summed E-state index contributed by atoms with van der Waals surface area (Å²) in [5.74, 6) is 1.14. The van der Waals surface area contributed by atoms with E-state index in [2.05, 4.69) is 22.2 Å². The maximum absolute atomic E-state index is 12.8. The summed E-state index contributed by atoms with van der Waals surface area (Å²) in [6.45, 7) is 4.96. The molecule has 2 aliphatic heterocycles. The summed E-state index contributed by atoms with van der Waals surface area (Å²) in [5.41, 5.74) is 2.09. The average molecular weight is 341 g/mol. The molecule has 6 heteroatoms. The van der Waals surface area contributed by atoms with Crippen molar-refractivity contribution in [1.82, 2.24) is 15.0 Å². The highest BCUT2D eigenvalue weighted by atomic mass is 16.5. The molecule has 6 nitrogen and oxygen atoms in total. The fourth-order valence-electron chi connectivity index (χ4n) is 4.13. The van der Waals surface area contributed by atoms with E-state index in [1.165, 1.54) is 0 Å². The highest BCUT2D eigenvalue weighted by Gasteiger charge is 2.52. The average Bonchev–Trinajstić information content (AvgIpc) is 3.26. The molecular formula is C19H23N3O3. The first-order chi connectivity index (χ1) is 12.2. The zero-order chi connectivity index (χ0) is 17.4. The molecule has 3 heterocycles. The maximum atomic E-state index is 12.8. The minimum Gasteiger partial charge on any atom is -0.371 e. The Kier molecular flexibility index (Phi) is 4.31. The standard InChI is InChI=1S/C19H23N3O3/c1-13-8-15(20-25-13)10-21-11-16-17(12-21)22(19(23)18(16)24-2)9-14-6-4-3-5-7-14/h3-8,16-18H,9-12H2,1-2H3/t16-,17+,18-/m0/s1. The fraction of sp³-hybridized carbons (Fsp3) is 0.474. The summed E-state index contributed by atoms with van der Waals surface area (Å²) in [5, 5.41) is 4.09. The van der Waals surface area contributed by atoms with Gasteiger partial charge in [-0.15, -0.1) is 0 Å². The van der Waals surface area contributed by atoms with Crippen LogP contribution in [0, 0.1) is 12.8 Å². The third kappa shape index (κ3) is 3.07. The molecule has 0 spiro atoms. The van der Waals surface area contributed by atoms with Gasteiger partial charge in [0.15, 0.2) is 0 Å². The summed E-state index contributed by atoms with van der Waals surface area (Å²) in [6.07, 6.45) is -0.349. The van der Waals surface area contributed by atoms with Crippen LogP contribution in [0.2, 0.25) is 0 Å². The third-order valence-electron chi connectivity index (χ3n) is 5.24. The lowest BCUT2D eigenvalue weighted by Gasteiger charge is -2.25. The van der Waals surface area contributed by atoms with Crippen LogP contribution in [0.4, 0.5) is 0 Å². The van der Waals surface area contributed by atoms with Gasteiger partial charge < -0.3 is 14.2 Å². The minimum atomic E-state index is -0.349. The smallest absolute Gasteiger partial charge is 0.252 e. The molecule has 0 aliphatic carbocycles. The number of carbonyl (C=O) groups is 1. The molecular weight excluding hydrogens is 318 g/mol. The van der Waals surface area contributed by atoms with Gasteiger partial charge in [0.2, 0.25) is 0 Å². The number of aromatic nitrogens is 1. The normalized spacial score (nSPS) is 26.4.